The average Bonchev–Trinajstić information content (AvgIpc) is 2.83. The number of allylic oxidation sites excluding steroid dienone is 1. The van der Waals surface area contributed by atoms with Crippen LogP contribution in [0.15, 0.2) is 49.8 Å². The summed E-state index contributed by atoms with van der Waals surface area (Å²) in [4.78, 5) is 29.1. The summed E-state index contributed by atoms with van der Waals surface area (Å²) < 4.78 is 13.9. The van der Waals surface area contributed by atoms with Crippen LogP contribution in [0.5, 0.6) is 0 Å². The van der Waals surface area contributed by atoms with Crippen molar-refractivity contribution >= 4 is 23.2 Å². The molecule has 3 rings (SSSR count). The number of carbonyl (C=O) groups is 1. The fourth-order valence-electron chi connectivity index (χ4n) is 3.51. The molecule has 9 nitrogen and oxygen atoms in total. The van der Waals surface area contributed by atoms with Crippen LogP contribution < -0.4 is 15.5 Å². The Morgan fingerprint density at radius 1 is 1.24 bits per heavy atom. The number of aliphatic hydroxyl groups is 1. The van der Waals surface area contributed by atoms with Gasteiger partial charge in [-0.3, -0.25) is 9.69 Å². The highest BCUT2D eigenvalue weighted by atomic mass is 19.1. The topological polar surface area (TPSA) is 107 Å². The summed E-state index contributed by atoms with van der Waals surface area (Å²) in [7, 11) is 0. The molecule has 2 aromatic heterocycles. The Bertz CT molecular complexity index is 964. The van der Waals surface area contributed by atoms with E-state index >= 15 is 0 Å². The fraction of sp³-hybridized carbons (Fsp3) is 0.391. The lowest BCUT2D eigenvalue weighted by Crippen LogP contribution is -2.46. The van der Waals surface area contributed by atoms with Crippen molar-refractivity contribution in [3.8, 4) is 0 Å². The number of hydrogen-bond donors (Lipinski definition) is 3. The largest absolute Gasteiger partial charge is 0.391 e. The maximum absolute atomic E-state index is 13.9. The molecule has 1 amide bonds. The van der Waals surface area contributed by atoms with Crippen LogP contribution in [0.2, 0.25) is 0 Å². The number of halogens is 1. The fourth-order valence-corrected chi connectivity index (χ4v) is 3.51. The highest BCUT2D eigenvalue weighted by molar-refractivity contribution is 6.04. The highest BCUT2D eigenvalue weighted by Crippen LogP contribution is 2.27. The molecule has 0 unspecified atom stereocenters. The predicted molar refractivity (Wildman–Crippen MR) is 127 cm³/mol. The number of aromatic nitrogens is 3. The molecule has 1 aliphatic rings. The molecule has 0 spiro atoms. The van der Waals surface area contributed by atoms with Crippen LogP contribution in [0.4, 0.5) is 21.7 Å². The van der Waals surface area contributed by atoms with Gasteiger partial charge in [-0.1, -0.05) is 12.2 Å². The van der Waals surface area contributed by atoms with Crippen molar-refractivity contribution in [1.82, 2.24) is 19.9 Å². The molecular formula is C23H30FN7O2. The molecule has 3 heterocycles. The first kappa shape index (κ1) is 24.3. The first-order valence-corrected chi connectivity index (χ1v) is 10.9. The second-order valence-electron chi connectivity index (χ2n) is 7.72. The molecule has 1 fully saturated rings. The van der Waals surface area contributed by atoms with Gasteiger partial charge >= 0.3 is 0 Å². The molecule has 0 saturated carbocycles. The second kappa shape index (κ2) is 12.0. The van der Waals surface area contributed by atoms with Gasteiger partial charge in [0.15, 0.2) is 0 Å². The molecule has 1 saturated heterocycles. The van der Waals surface area contributed by atoms with Gasteiger partial charge in [0.1, 0.15) is 5.69 Å². The Hall–Kier alpha value is -3.37. The summed E-state index contributed by atoms with van der Waals surface area (Å²) in [5.74, 6) is -0.844. The van der Waals surface area contributed by atoms with Crippen LogP contribution in [0.3, 0.4) is 0 Å². The summed E-state index contributed by atoms with van der Waals surface area (Å²) >= 11 is 0. The standard InChI is InChI=1S/C23H30FN7O2/c1-3-5-6-17(32)15-27-23-25-8-7-18(29-23)22(33)28-19-16-26-21(24)14-20(19)31-12-10-30(9-4-2)11-13-31/h3-4,7-8,14,16-17,32H,1-2,5-6,9-13,15H2,(H,28,33)(H,25,27,29)/t17-/m1/s1. The van der Waals surface area contributed by atoms with Gasteiger partial charge in [-0.15, -0.1) is 13.2 Å². The summed E-state index contributed by atoms with van der Waals surface area (Å²) in [6.07, 6.45) is 7.06. The van der Waals surface area contributed by atoms with Gasteiger partial charge in [-0.25, -0.2) is 15.0 Å². The molecule has 1 atom stereocenters. The van der Waals surface area contributed by atoms with Crippen LogP contribution in [-0.2, 0) is 0 Å². The van der Waals surface area contributed by atoms with Gasteiger partial charge in [-0.05, 0) is 18.9 Å². The predicted octanol–water partition coefficient (Wildman–Crippen LogP) is 2.31. The van der Waals surface area contributed by atoms with E-state index in [1.54, 1.807) is 6.08 Å². The molecule has 3 N–H and O–H groups in total. The van der Waals surface area contributed by atoms with E-state index in [4.69, 9.17) is 0 Å². The third-order valence-corrected chi connectivity index (χ3v) is 5.29. The first-order valence-electron chi connectivity index (χ1n) is 10.9. The SMILES string of the molecule is C=CCC[C@@H](O)CNc1nccc(C(=O)Nc2cnc(F)cc2N2CCN(CC=C)CC2)n1. The minimum Gasteiger partial charge on any atom is -0.391 e. The molecule has 176 valence electrons. The zero-order valence-corrected chi connectivity index (χ0v) is 18.6. The Kier molecular flexibility index (Phi) is 8.85. The number of amides is 1. The zero-order chi connectivity index (χ0) is 23.6. The second-order valence-corrected chi connectivity index (χ2v) is 7.72. The third-order valence-electron chi connectivity index (χ3n) is 5.29. The van der Waals surface area contributed by atoms with E-state index in [0.29, 0.717) is 37.3 Å². The van der Waals surface area contributed by atoms with Crippen LogP contribution in [0.1, 0.15) is 23.3 Å². The summed E-state index contributed by atoms with van der Waals surface area (Å²) in [5, 5.41) is 15.7. The summed E-state index contributed by atoms with van der Waals surface area (Å²) in [6.45, 7) is 11.5. The van der Waals surface area contributed by atoms with Crippen molar-refractivity contribution in [2.45, 2.75) is 18.9 Å². The van der Waals surface area contributed by atoms with Crippen molar-refractivity contribution in [3.63, 3.8) is 0 Å². The van der Waals surface area contributed by atoms with Crippen LogP contribution in [0, 0.1) is 5.95 Å². The smallest absolute Gasteiger partial charge is 0.274 e. The lowest BCUT2D eigenvalue weighted by atomic mass is 10.2. The first-order chi connectivity index (χ1) is 16.0. The Labute approximate surface area is 193 Å². The monoisotopic (exact) mass is 455 g/mol. The van der Waals surface area contributed by atoms with Crippen LogP contribution in [0.25, 0.3) is 0 Å². The summed E-state index contributed by atoms with van der Waals surface area (Å²) in [6, 6.07) is 2.82. The lowest BCUT2D eigenvalue weighted by molar-refractivity contribution is 0.102. The normalized spacial score (nSPS) is 15.0. The highest BCUT2D eigenvalue weighted by Gasteiger charge is 2.21. The maximum Gasteiger partial charge on any atom is 0.274 e. The van der Waals surface area contributed by atoms with Crippen molar-refractivity contribution < 1.29 is 14.3 Å². The maximum atomic E-state index is 13.9. The molecular weight excluding hydrogens is 425 g/mol. The number of hydrogen-bond acceptors (Lipinski definition) is 8. The van der Waals surface area contributed by atoms with Gasteiger partial charge in [0.2, 0.25) is 11.9 Å². The number of anilines is 3. The van der Waals surface area contributed by atoms with Crippen molar-refractivity contribution in [2.75, 3.05) is 54.8 Å². The number of nitrogens with one attached hydrogen (secondary N) is 2. The lowest BCUT2D eigenvalue weighted by Gasteiger charge is -2.36. The van der Waals surface area contributed by atoms with Crippen molar-refractivity contribution in [1.29, 1.82) is 0 Å². The number of piperazine rings is 1. The van der Waals surface area contributed by atoms with Gasteiger partial charge in [0.25, 0.3) is 5.91 Å². The van der Waals surface area contributed by atoms with Crippen molar-refractivity contribution in [2.24, 2.45) is 0 Å². The van der Waals surface area contributed by atoms with Gasteiger partial charge in [0, 0.05) is 51.5 Å². The molecule has 2 aromatic rings. The van der Waals surface area contributed by atoms with E-state index < -0.39 is 18.0 Å². The van der Waals surface area contributed by atoms with E-state index in [1.807, 2.05) is 11.0 Å². The number of pyridine rings is 1. The van der Waals surface area contributed by atoms with Gasteiger partial charge < -0.3 is 20.6 Å². The van der Waals surface area contributed by atoms with Gasteiger partial charge in [0.05, 0.1) is 23.7 Å². The molecule has 0 aromatic carbocycles. The molecule has 0 bridgehead atoms. The van der Waals surface area contributed by atoms with Crippen LogP contribution in [-0.4, -0.2) is 76.2 Å². The number of rotatable bonds is 11. The molecule has 0 aliphatic carbocycles. The minimum atomic E-state index is -0.611. The molecule has 0 radical (unpaired) electrons. The zero-order valence-electron chi connectivity index (χ0n) is 18.6. The van der Waals surface area contributed by atoms with Crippen LogP contribution >= 0.6 is 0 Å². The minimum absolute atomic E-state index is 0.138. The van der Waals surface area contributed by atoms with E-state index in [2.05, 4.69) is 43.6 Å². The third kappa shape index (κ3) is 7.06. The van der Waals surface area contributed by atoms with Crippen molar-refractivity contribution in [3.05, 3.63) is 61.5 Å². The molecule has 10 heteroatoms. The Morgan fingerprint density at radius 3 is 2.76 bits per heavy atom. The van der Waals surface area contributed by atoms with E-state index in [1.165, 1.54) is 24.5 Å². The summed E-state index contributed by atoms with van der Waals surface area (Å²) in [5.41, 5.74) is 1.12. The Balaban J connectivity index is 1.67. The average molecular weight is 456 g/mol. The molecule has 33 heavy (non-hydrogen) atoms. The van der Waals surface area contributed by atoms with E-state index in [0.717, 1.165) is 19.6 Å². The van der Waals surface area contributed by atoms with Gasteiger partial charge in [-0.2, -0.15) is 4.39 Å². The number of aliphatic hydroxyl groups excluding tert-OH is 1. The quantitative estimate of drug-likeness (QED) is 0.350. The molecule has 1 aliphatic heterocycles. The number of nitrogens with zero attached hydrogens (tertiary/aromatic N) is 5. The van der Waals surface area contributed by atoms with E-state index in [9.17, 15) is 14.3 Å². The Morgan fingerprint density at radius 2 is 2.03 bits per heavy atom. The van der Waals surface area contributed by atoms with E-state index in [-0.39, 0.29) is 18.2 Å². The number of carbonyl (C=O) groups excluding carboxylic acids is 1.